The second-order valence-corrected chi connectivity index (χ2v) is 7.56. The minimum atomic E-state index is -0.183. The molecule has 1 amide bonds. The molecule has 0 aliphatic rings. The third-order valence-electron chi connectivity index (χ3n) is 4.66. The summed E-state index contributed by atoms with van der Waals surface area (Å²) >= 11 is 1.22. The summed E-state index contributed by atoms with van der Waals surface area (Å²) in [6, 6.07) is 16.8. The van der Waals surface area contributed by atoms with E-state index in [9.17, 15) is 9.59 Å². The lowest BCUT2D eigenvalue weighted by Crippen LogP contribution is -2.21. The van der Waals surface area contributed by atoms with Crippen molar-refractivity contribution >= 4 is 34.4 Å². The molecule has 8 heteroatoms. The molecular weight excluding hydrogens is 400 g/mol. The molecule has 0 radical (unpaired) electrons. The second-order valence-electron chi connectivity index (χ2n) is 6.62. The molecule has 30 heavy (non-hydrogen) atoms. The summed E-state index contributed by atoms with van der Waals surface area (Å²) in [5, 5.41) is 3.31. The van der Waals surface area contributed by atoms with Crippen LogP contribution in [0.25, 0.3) is 22.2 Å². The lowest BCUT2D eigenvalue weighted by molar-refractivity contribution is -0.113. The van der Waals surface area contributed by atoms with Gasteiger partial charge in [0.05, 0.1) is 12.9 Å². The number of fused-ring (bicyclic) bond motifs is 1. The number of nitrogens with one attached hydrogen (secondary N) is 2. The van der Waals surface area contributed by atoms with Crippen LogP contribution in [0.1, 0.15) is 0 Å². The number of carbonyl (C=O) groups excluding carboxylic acids is 1. The van der Waals surface area contributed by atoms with Crippen molar-refractivity contribution in [2.45, 2.75) is 5.16 Å². The van der Waals surface area contributed by atoms with Gasteiger partial charge in [0.15, 0.2) is 5.16 Å². The van der Waals surface area contributed by atoms with Crippen LogP contribution in [0.3, 0.4) is 0 Å². The molecule has 0 bridgehead atoms. The maximum atomic E-state index is 12.8. The highest BCUT2D eigenvalue weighted by atomic mass is 32.2. The summed E-state index contributed by atoms with van der Waals surface area (Å²) in [6.07, 6.45) is 1.79. The van der Waals surface area contributed by atoms with E-state index in [1.165, 1.54) is 16.3 Å². The molecule has 0 aliphatic heterocycles. The number of rotatable bonds is 6. The van der Waals surface area contributed by atoms with Gasteiger partial charge in [0.1, 0.15) is 16.8 Å². The molecule has 2 N–H and O–H groups in total. The van der Waals surface area contributed by atoms with Crippen LogP contribution in [0, 0.1) is 0 Å². The van der Waals surface area contributed by atoms with Gasteiger partial charge >= 0.3 is 0 Å². The molecule has 0 unspecified atom stereocenters. The Morgan fingerprint density at radius 1 is 1.17 bits per heavy atom. The Hall–Kier alpha value is -3.52. The van der Waals surface area contributed by atoms with Gasteiger partial charge in [0.25, 0.3) is 5.56 Å². The predicted molar refractivity (Wildman–Crippen MR) is 119 cm³/mol. The topological polar surface area (TPSA) is 89.0 Å². The van der Waals surface area contributed by atoms with Gasteiger partial charge in [-0.25, -0.2) is 4.98 Å². The zero-order valence-corrected chi connectivity index (χ0v) is 17.3. The fraction of sp³-hybridized carbons (Fsp3) is 0.136. The molecular formula is C22H20N4O3S. The third-order valence-corrected chi connectivity index (χ3v) is 5.69. The summed E-state index contributed by atoms with van der Waals surface area (Å²) in [6.45, 7) is 0. The van der Waals surface area contributed by atoms with Gasteiger partial charge in [0.2, 0.25) is 5.91 Å². The summed E-state index contributed by atoms with van der Waals surface area (Å²) in [4.78, 5) is 32.8. The number of methoxy groups -OCH3 is 1. The van der Waals surface area contributed by atoms with Crippen LogP contribution in [0.5, 0.6) is 5.75 Å². The Bertz CT molecular complexity index is 1250. The molecule has 2 heterocycles. The Balaban J connectivity index is 1.55. The molecule has 2 aromatic carbocycles. The molecule has 0 atom stereocenters. The van der Waals surface area contributed by atoms with Crippen LogP contribution in [0.2, 0.25) is 0 Å². The highest BCUT2D eigenvalue weighted by Crippen LogP contribution is 2.27. The zero-order chi connectivity index (χ0) is 21.1. The standard InChI is InChI=1S/C22H20N4O3S/c1-26-21(28)20-19(17(12-23-20)14-6-4-3-5-7-14)25-22(26)30-13-18(27)24-15-8-10-16(29-2)11-9-15/h3-12,23H,13H2,1-2H3,(H,24,27). The number of hydrogen-bond acceptors (Lipinski definition) is 5. The van der Waals surface area contributed by atoms with Crippen LogP contribution in [-0.4, -0.2) is 33.3 Å². The number of thioether (sulfide) groups is 1. The smallest absolute Gasteiger partial charge is 0.278 e. The van der Waals surface area contributed by atoms with Crippen molar-refractivity contribution < 1.29 is 9.53 Å². The number of aromatic nitrogens is 3. The van der Waals surface area contributed by atoms with Gasteiger partial charge in [-0.15, -0.1) is 0 Å². The number of hydrogen-bond donors (Lipinski definition) is 2. The van der Waals surface area contributed by atoms with E-state index >= 15 is 0 Å². The first-order valence-electron chi connectivity index (χ1n) is 9.27. The molecule has 4 aromatic rings. The first-order chi connectivity index (χ1) is 14.6. The van der Waals surface area contributed by atoms with Crippen molar-refractivity contribution in [3.8, 4) is 16.9 Å². The van der Waals surface area contributed by atoms with Gasteiger partial charge in [0, 0.05) is 24.5 Å². The van der Waals surface area contributed by atoms with E-state index in [4.69, 9.17) is 4.74 Å². The summed E-state index contributed by atoms with van der Waals surface area (Å²) in [5.41, 5.74) is 3.37. The molecule has 7 nitrogen and oxygen atoms in total. The quantitative estimate of drug-likeness (QED) is 0.367. The molecule has 0 fully saturated rings. The average molecular weight is 420 g/mol. The van der Waals surface area contributed by atoms with E-state index in [1.54, 1.807) is 44.6 Å². The van der Waals surface area contributed by atoms with Crippen molar-refractivity contribution in [2.24, 2.45) is 7.05 Å². The van der Waals surface area contributed by atoms with Crippen molar-refractivity contribution in [3.05, 3.63) is 71.1 Å². The molecule has 0 saturated heterocycles. The van der Waals surface area contributed by atoms with E-state index < -0.39 is 0 Å². The number of benzene rings is 2. The van der Waals surface area contributed by atoms with Gasteiger partial charge in [-0.2, -0.15) is 0 Å². The fourth-order valence-electron chi connectivity index (χ4n) is 3.09. The van der Waals surface area contributed by atoms with Gasteiger partial charge in [-0.1, -0.05) is 42.1 Å². The van der Waals surface area contributed by atoms with Crippen molar-refractivity contribution in [1.82, 2.24) is 14.5 Å². The van der Waals surface area contributed by atoms with Crippen LogP contribution in [0.4, 0.5) is 5.69 Å². The Morgan fingerprint density at radius 2 is 1.90 bits per heavy atom. The predicted octanol–water partition coefficient (Wildman–Crippen LogP) is 3.67. The van der Waals surface area contributed by atoms with E-state index in [0.29, 0.717) is 21.9 Å². The van der Waals surface area contributed by atoms with E-state index in [0.717, 1.165) is 16.9 Å². The van der Waals surface area contributed by atoms with Crippen LogP contribution in [-0.2, 0) is 11.8 Å². The van der Waals surface area contributed by atoms with Crippen molar-refractivity contribution in [1.29, 1.82) is 0 Å². The van der Waals surface area contributed by atoms with Crippen LogP contribution in [0.15, 0.2) is 70.7 Å². The molecule has 152 valence electrons. The number of nitrogens with zero attached hydrogens (tertiary/aromatic N) is 2. The van der Waals surface area contributed by atoms with Crippen LogP contribution >= 0.6 is 11.8 Å². The number of carbonyl (C=O) groups is 1. The molecule has 4 rings (SSSR count). The lowest BCUT2D eigenvalue weighted by atomic mass is 10.1. The number of H-pyrrole nitrogens is 1. The number of aromatic amines is 1. The Morgan fingerprint density at radius 3 is 2.60 bits per heavy atom. The number of ether oxygens (including phenoxy) is 1. The Labute approximate surface area is 177 Å². The van der Waals surface area contributed by atoms with Crippen LogP contribution < -0.4 is 15.6 Å². The first kappa shape index (κ1) is 19.8. The lowest BCUT2D eigenvalue weighted by Gasteiger charge is -2.09. The molecule has 0 spiro atoms. The Kier molecular flexibility index (Phi) is 5.58. The van der Waals surface area contributed by atoms with Gasteiger partial charge in [-0.05, 0) is 29.8 Å². The summed E-state index contributed by atoms with van der Waals surface area (Å²) in [7, 11) is 3.24. The second kappa shape index (κ2) is 8.46. The largest absolute Gasteiger partial charge is 0.497 e. The summed E-state index contributed by atoms with van der Waals surface area (Å²) < 4.78 is 6.57. The average Bonchev–Trinajstić information content (AvgIpc) is 3.20. The highest BCUT2D eigenvalue weighted by Gasteiger charge is 2.16. The third kappa shape index (κ3) is 3.95. The minimum Gasteiger partial charge on any atom is -0.497 e. The SMILES string of the molecule is COc1ccc(NC(=O)CSc2nc3c(-c4ccccc4)c[nH]c3c(=O)n2C)cc1. The van der Waals surface area contributed by atoms with E-state index in [1.807, 2.05) is 30.3 Å². The molecule has 0 saturated carbocycles. The highest BCUT2D eigenvalue weighted by molar-refractivity contribution is 7.99. The van der Waals surface area contributed by atoms with Gasteiger partial charge < -0.3 is 15.0 Å². The monoisotopic (exact) mass is 420 g/mol. The number of anilines is 1. The van der Waals surface area contributed by atoms with Crippen molar-refractivity contribution in [2.75, 3.05) is 18.2 Å². The van der Waals surface area contributed by atoms with Crippen molar-refractivity contribution in [3.63, 3.8) is 0 Å². The zero-order valence-electron chi connectivity index (χ0n) is 16.5. The maximum absolute atomic E-state index is 12.8. The minimum absolute atomic E-state index is 0.128. The number of amides is 1. The molecule has 2 aromatic heterocycles. The summed E-state index contributed by atoms with van der Waals surface area (Å²) in [5.74, 6) is 0.663. The first-order valence-corrected chi connectivity index (χ1v) is 10.3. The van der Waals surface area contributed by atoms with Gasteiger partial charge in [-0.3, -0.25) is 14.2 Å². The normalized spacial score (nSPS) is 10.9. The maximum Gasteiger partial charge on any atom is 0.278 e. The van der Waals surface area contributed by atoms with E-state index in [2.05, 4.69) is 15.3 Å². The van der Waals surface area contributed by atoms with E-state index in [-0.39, 0.29) is 17.2 Å². The fourth-order valence-corrected chi connectivity index (χ4v) is 3.85. The molecule has 0 aliphatic carbocycles.